The van der Waals surface area contributed by atoms with Gasteiger partial charge in [0.2, 0.25) is 0 Å². The molecule has 1 aliphatic rings. The van der Waals surface area contributed by atoms with Crippen LogP contribution in [-0.2, 0) is 11.4 Å². The van der Waals surface area contributed by atoms with Crippen LogP contribution in [0.2, 0.25) is 0 Å². The second kappa shape index (κ2) is 6.65. The lowest BCUT2D eigenvalue weighted by Gasteiger charge is -2.04. The van der Waals surface area contributed by atoms with Crippen molar-refractivity contribution in [3.63, 3.8) is 0 Å². The van der Waals surface area contributed by atoms with E-state index in [1.54, 1.807) is 7.11 Å². The molecule has 3 rings (SSSR count). The van der Waals surface area contributed by atoms with Crippen LogP contribution in [-0.4, -0.2) is 12.8 Å². The summed E-state index contributed by atoms with van der Waals surface area (Å²) in [6.07, 6.45) is 1.15. The number of methoxy groups -OCH3 is 1. The van der Waals surface area contributed by atoms with Gasteiger partial charge in [-0.1, -0.05) is 47.6 Å². The fraction of sp³-hybridized carbons (Fsp3) is 0.316. The van der Waals surface area contributed by atoms with Crippen LogP contribution in [0.5, 0.6) is 5.75 Å². The minimum Gasteiger partial charge on any atom is -0.497 e. The number of benzene rings is 2. The zero-order chi connectivity index (χ0) is 15.4. The average Bonchev–Trinajstić information content (AvgIpc) is 3.37. The van der Waals surface area contributed by atoms with Crippen molar-refractivity contribution in [3.05, 3.63) is 65.7 Å². The Balaban J connectivity index is 1.53. The molecule has 0 unspecified atom stereocenters. The van der Waals surface area contributed by atoms with E-state index in [2.05, 4.69) is 24.2 Å². The molecule has 0 amide bonds. The van der Waals surface area contributed by atoms with Crippen molar-refractivity contribution in [2.75, 3.05) is 7.11 Å². The zero-order valence-electron chi connectivity index (χ0n) is 13.0. The van der Waals surface area contributed by atoms with Crippen molar-refractivity contribution in [1.29, 1.82) is 0 Å². The largest absolute Gasteiger partial charge is 0.497 e. The molecule has 0 heterocycles. The highest BCUT2D eigenvalue weighted by molar-refractivity contribution is 5.87. The molecule has 0 bridgehead atoms. The summed E-state index contributed by atoms with van der Waals surface area (Å²) < 4.78 is 5.20. The first kappa shape index (κ1) is 14.6. The molecule has 1 aliphatic carbocycles. The van der Waals surface area contributed by atoms with Crippen molar-refractivity contribution in [3.8, 4) is 5.75 Å². The third kappa shape index (κ3) is 3.48. The number of nitrogens with zero attached hydrogens (tertiary/aromatic N) is 1. The second-order valence-electron chi connectivity index (χ2n) is 5.71. The molecule has 1 fully saturated rings. The van der Waals surface area contributed by atoms with Gasteiger partial charge in [0.25, 0.3) is 0 Å². The van der Waals surface area contributed by atoms with E-state index in [0.29, 0.717) is 18.4 Å². The van der Waals surface area contributed by atoms with Crippen molar-refractivity contribution in [2.45, 2.75) is 25.9 Å². The molecule has 0 aromatic heterocycles. The molecule has 2 atom stereocenters. The number of hydrogen-bond donors (Lipinski definition) is 0. The smallest absolute Gasteiger partial charge is 0.142 e. The lowest BCUT2D eigenvalue weighted by molar-refractivity contribution is 0.129. The molecule has 3 heteroatoms. The van der Waals surface area contributed by atoms with Gasteiger partial charge in [0.05, 0.1) is 12.8 Å². The monoisotopic (exact) mass is 295 g/mol. The van der Waals surface area contributed by atoms with Gasteiger partial charge >= 0.3 is 0 Å². The van der Waals surface area contributed by atoms with Gasteiger partial charge in [-0.15, -0.1) is 0 Å². The summed E-state index contributed by atoms with van der Waals surface area (Å²) in [7, 11) is 1.69. The number of oxime groups is 1. The van der Waals surface area contributed by atoms with Crippen LogP contribution in [0.4, 0.5) is 0 Å². The van der Waals surface area contributed by atoms with E-state index in [4.69, 9.17) is 9.57 Å². The number of hydrogen-bond acceptors (Lipinski definition) is 3. The maximum atomic E-state index is 5.47. The first-order chi connectivity index (χ1) is 10.8. The van der Waals surface area contributed by atoms with Gasteiger partial charge in [-0.2, -0.15) is 0 Å². The minimum atomic E-state index is 0.504. The molecule has 0 saturated heterocycles. The normalized spacial score (nSPS) is 20.5. The molecule has 2 aromatic carbocycles. The van der Waals surface area contributed by atoms with E-state index >= 15 is 0 Å². The summed E-state index contributed by atoms with van der Waals surface area (Å²) in [6.45, 7) is 2.58. The summed E-state index contributed by atoms with van der Waals surface area (Å²) in [5.41, 5.74) is 3.57. The van der Waals surface area contributed by atoms with E-state index in [1.807, 2.05) is 42.5 Å². The summed E-state index contributed by atoms with van der Waals surface area (Å²) >= 11 is 0. The Morgan fingerprint density at radius 1 is 1.09 bits per heavy atom. The number of ether oxygens (including phenoxy) is 1. The molecule has 0 aliphatic heterocycles. The molecule has 0 radical (unpaired) electrons. The molecule has 3 nitrogen and oxygen atoms in total. The van der Waals surface area contributed by atoms with E-state index in [-0.39, 0.29) is 0 Å². The Morgan fingerprint density at radius 2 is 1.82 bits per heavy atom. The number of rotatable bonds is 6. The van der Waals surface area contributed by atoms with Gasteiger partial charge in [0.15, 0.2) is 0 Å². The Labute approximate surface area is 131 Å². The van der Waals surface area contributed by atoms with Gasteiger partial charge in [-0.25, -0.2) is 0 Å². The zero-order valence-corrected chi connectivity index (χ0v) is 13.0. The highest BCUT2D eigenvalue weighted by Crippen LogP contribution is 2.48. The first-order valence-electron chi connectivity index (χ1n) is 7.62. The van der Waals surface area contributed by atoms with E-state index in [9.17, 15) is 0 Å². The van der Waals surface area contributed by atoms with Gasteiger partial charge in [0, 0.05) is 5.92 Å². The molecule has 2 aromatic rings. The van der Waals surface area contributed by atoms with Crippen LogP contribution in [0, 0.1) is 5.92 Å². The van der Waals surface area contributed by atoms with E-state index < -0.39 is 0 Å². The fourth-order valence-corrected chi connectivity index (χ4v) is 2.73. The molecule has 0 N–H and O–H groups in total. The Kier molecular flexibility index (Phi) is 4.42. The van der Waals surface area contributed by atoms with Gasteiger partial charge in [-0.05, 0) is 42.5 Å². The van der Waals surface area contributed by atoms with Gasteiger partial charge in [0.1, 0.15) is 12.4 Å². The summed E-state index contributed by atoms with van der Waals surface area (Å²) in [5.74, 6) is 1.97. The first-order valence-corrected chi connectivity index (χ1v) is 7.62. The Bertz CT molecular complexity index is 634. The van der Waals surface area contributed by atoms with Crippen LogP contribution in [0.1, 0.15) is 30.4 Å². The third-order valence-corrected chi connectivity index (χ3v) is 4.15. The molecule has 22 heavy (non-hydrogen) atoms. The van der Waals surface area contributed by atoms with Crippen molar-refractivity contribution in [1.82, 2.24) is 0 Å². The predicted octanol–water partition coefficient (Wildman–Crippen LogP) is 4.39. The highest BCUT2D eigenvalue weighted by atomic mass is 16.6. The van der Waals surface area contributed by atoms with Crippen molar-refractivity contribution in [2.24, 2.45) is 11.1 Å². The average molecular weight is 295 g/mol. The van der Waals surface area contributed by atoms with Gasteiger partial charge in [-0.3, -0.25) is 0 Å². The van der Waals surface area contributed by atoms with Crippen LogP contribution in [0.15, 0.2) is 59.8 Å². The maximum Gasteiger partial charge on any atom is 0.142 e. The van der Waals surface area contributed by atoms with E-state index in [1.165, 1.54) is 5.56 Å². The Hall–Kier alpha value is -2.29. The predicted molar refractivity (Wildman–Crippen MR) is 88.2 cm³/mol. The van der Waals surface area contributed by atoms with Gasteiger partial charge < -0.3 is 9.57 Å². The minimum absolute atomic E-state index is 0.504. The molecule has 1 saturated carbocycles. The van der Waals surface area contributed by atoms with Crippen LogP contribution in [0.25, 0.3) is 0 Å². The molecule has 114 valence electrons. The van der Waals surface area contributed by atoms with Crippen molar-refractivity contribution >= 4 is 5.71 Å². The SMILES string of the molecule is COc1ccc([C@H]2C[C@@H]2/C(C)=N\OCc2ccccc2)cc1. The topological polar surface area (TPSA) is 30.8 Å². The van der Waals surface area contributed by atoms with Crippen molar-refractivity contribution < 1.29 is 9.57 Å². The third-order valence-electron chi connectivity index (χ3n) is 4.15. The Morgan fingerprint density at radius 3 is 2.50 bits per heavy atom. The summed E-state index contributed by atoms with van der Waals surface area (Å²) in [5, 5.41) is 4.28. The van der Waals surface area contributed by atoms with Crippen LogP contribution < -0.4 is 4.74 Å². The standard InChI is InChI=1S/C19H21NO2/c1-14(20-22-13-15-6-4-3-5-7-15)18-12-19(18)16-8-10-17(21-2)11-9-16/h3-11,18-19H,12-13H2,1-2H3/b20-14-/t18-,19-/m1/s1. The second-order valence-corrected chi connectivity index (χ2v) is 5.71. The fourth-order valence-electron chi connectivity index (χ4n) is 2.73. The lowest BCUT2D eigenvalue weighted by Crippen LogP contribution is -1.99. The molecule has 0 spiro atoms. The molecular weight excluding hydrogens is 274 g/mol. The maximum absolute atomic E-state index is 5.47. The van der Waals surface area contributed by atoms with Crippen LogP contribution >= 0.6 is 0 Å². The van der Waals surface area contributed by atoms with Crippen LogP contribution in [0.3, 0.4) is 0 Å². The molecular formula is C19H21NO2. The summed E-state index contributed by atoms with van der Waals surface area (Å²) in [6, 6.07) is 18.4. The van der Waals surface area contributed by atoms with E-state index in [0.717, 1.165) is 23.4 Å². The highest BCUT2D eigenvalue weighted by Gasteiger charge is 2.40. The quantitative estimate of drug-likeness (QED) is 0.584. The lowest BCUT2D eigenvalue weighted by atomic mass is 10.1. The summed E-state index contributed by atoms with van der Waals surface area (Å²) in [4.78, 5) is 5.47.